The Kier molecular flexibility index (Phi) is 4.20. The molecule has 3 rings (SSSR count). The number of methoxy groups -OCH3 is 1. The molecule has 0 saturated carbocycles. The highest BCUT2D eigenvalue weighted by atomic mass is 32.1. The Morgan fingerprint density at radius 1 is 1.27 bits per heavy atom. The van der Waals surface area contributed by atoms with Crippen molar-refractivity contribution in [3.8, 4) is 16.5 Å². The smallest absolute Gasteiger partial charge is 0.337 e. The average molecular weight is 315 g/mol. The number of rotatable bonds is 5. The lowest BCUT2D eigenvalue weighted by Crippen LogP contribution is -2.01. The molecule has 0 unspecified atom stereocenters. The zero-order chi connectivity index (χ0) is 15.4. The van der Waals surface area contributed by atoms with Crippen molar-refractivity contribution in [1.82, 2.24) is 4.98 Å². The van der Waals surface area contributed by atoms with Gasteiger partial charge >= 0.3 is 5.97 Å². The first-order chi connectivity index (χ1) is 10.8. The van der Waals surface area contributed by atoms with E-state index in [9.17, 15) is 4.79 Å². The molecule has 0 aliphatic heterocycles. The van der Waals surface area contributed by atoms with Crippen LogP contribution in [0.15, 0.2) is 52.5 Å². The highest BCUT2D eigenvalue weighted by Gasteiger charge is 2.08. The molecule has 0 spiro atoms. The zero-order valence-corrected chi connectivity index (χ0v) is 12.6. The third-order valence-corrected chi connectivity index (χ3v) is 3.85. The molecule has 0 N–H and O–H groups in total. The van der Waals surface area contributed by atoms with Crippen molar-refractivity contribution in [3.05, 3.63) is 59.3 Å². The predicted molar refractivity (Wildman–Crippen MR) is 81.9 cm³/mol. The van der Waals surface area contributed by atoms with Crippen molar-refractivity contribution in [2.24, 2.45) is 0 Å². The van der Waals surface area contributed by atoms with E-state index in [4.69, 9.17) is 9.15 Å². The molecule has 112 valence electrons. The first kappa shape index (κ1) is 14.3. The summed E-state index contributed by atoms with van der Waals surface area (Å²) in [6, 6.07) is 10.5. The topological polar surface area (TPSA) is 61.6 Å². The molecule has 0 atom stereocenters. The number of thiazole rings is 1. The van der Waals surface area contributed by atoms with Crippen molar-refractivity contribution in [2.45, 2.75) is 6.61 Å². The lowest BCUT2D eigenvalue weighted by molar-refractivity contribution is 0.0600. The molecule has 0 radical (unpaired) electrons. The average Bonchev–Trinajstić information content (AvgIpc) is 3.23. The number of aromatic nitrogens is 1. The van der Waals surface area contributed by atoms with Crippen molar-refractivity contribution in [2.75, 3.05) is 7.11 Å². The summed E-state index contributed by atoms with van der Waals surface area (Å²) in [6.07, 6.45) is 1.62. The highest BCUT2D eigenvalue weighted by molar-refractivity contribution is 7.13. The second kappa shape index (κ2) is 6.44. The molecule has 0 aliphatic carbocycles. The Hall–Kier alpha value is -2.60. The van der Waals surface area contributed by atoms with Crippen LogP contribution in [0.1, 0.15) is 16.1 Å². The van der Waals surface area contributed by atoms with Crippen molar-refractivity contribution in [1.29, 1.82) is 0 Å². The largest absolute Gasteiger partial charge is 0.487 e. The summed E-state index contributed by atoms with van der Waals surface area (Å²) in [5, 5.41) is 2.75. The fourth-order valence-corrected chi connectivity index (χ4v) is 2.62. The van der Waals surface area contributed by atoms with Crippen LogP contribution in [0.4, 0.5) is 0 Å². The number of carbonyl (C=O) groups excluding carboxylic acids is 1. The van der Waals surface area contributed by atoms with E-state index >= 15 is 0 Å². The maximum atomic E-state index is 11.3. The van der Waals surface area contributed by atoms with Crippen LogP contribution in [0.5, 0.6) is 5.75 Å². The minimum atomic E-state index is -0.367. The van der Waals surface area contributed by atoms with E-state index in [0.29, 0.717) is 17.9 Å². The van der Waals surface area contributed by atoms with Gasteiger partial charge in [0.15, 0.2) is 10.8 Å². The van der Waals surface area contributed by atoms with E-state index in [0.717, 1.165) is 16.5 Å². The van der Waals surface area contributed by atoms with Crippen LogP contribution in [0.2, 0.25) is 0 Å². The Bertz CT molecular complexity index is 747. The number of benzene rings is 1. The second-order valence-corrected chi connectivity index (χ2v) is 5.28. The van der Waals surface area contributed by atoms with Gasteiger partial charge in [-0.05, 0) is 36.4 Å². The van der Waals surface area contributed by atoms with Gasteiger partial charge in [-0.2, -0.15) is 0 Å². The molecule has 0 bridgehead atoms. The molecular formula is C16H13NO4S. The number of hydrogen-bond acceptors (Lipinski definition) is 6. The molecule has 0 fully saturated rings. The number of nitrogens with zero attached hydrogens (tertiary/aromatic N) is 1. The van der Waals surface area contributed by atoms with Gasteiger partial charge in [-0.15, -0.1) is 11.3 Å². The lowest BCUT2D eigenvalue weighted by atomic mass is 10.2. The zero-order valence-electron chi connectivity index (χ0n) is 11.8. The highest BCUT2D eigenvalue weighted by Crippen LogP contribution is 2.24. The quantitative estimate of drug-likeness (QED) is 0.671. The third-order valence-electron chi connectivity index (χ3n) is 2.95. The van der Waals surface area contributed by atoms with Crippen molar-refractivity contribution in [3.63, 3.8) is 0 Å². The molecule has 22 heavy (non-hydrogen) atoms. The van der Waals surface area contributed by atoms with Crippen LogP contribution in [0.25, 0.3) is 10.8 Å². The fraction of sp³-hybridized carbons (Fsp3) is 0.125. The molecule has 5 nitrogen and oxygen atoms in total. The Morgan fingerprint density at radius 3 is 2.77 bits per heavy atom. The van der Waals surface area contributed by atoms with Gasteiger partial charge in [-0.1, -0.05) is 0 Å². The minimum Gasteiger partial charge on any atom is -0.487 e. The van der Waals surface area contributed by atoms with Gasteiger partial charge in [0.2, 0.25) is 0 Å². The number of furan rings is 1. The van der Waals surface area contributed by atoms with Gasteiger partial charge in [0.05, 0.1) is 24.6 Å². The monoisotopic (exact) mass is 315 g/mol. The van der Waals surface area contributed by atoms with Crippen LogP contribution >= 0.6 is 11.3 Å². The van der Waals surface area contributed by atoms with Crippen LogP contribution < -0.4 is 4.74 Å². The first-order valence-electron chi connectivity index (χ1n) is 6.56. The number of hydrogen-bond donors (Lipinski definition) is 0. The summed E-state index contributed by atoms with van der Waals surface area (Å²) in [5.74, 6) is 1.05. The van der Waals surface area contributed by atoms with E-state index in [2.05, 4.69) is 9.72 Å². The van der Waals surface area contributed by atoms with Gasteiger partial charge in [0.25, 0.3) is 0 Å². The van der Waals surface area contributed by atoms with Crippen LogP contribution in [0, 0.1) is 0 Å². The number of ether oxygens (including phenoxy) is 2. The summed E-state index contributed by atoms with van der Waals surface area (Å²) >= 11 is 1.51. The van der Waals surface area contributed by atoms with Gasteiger partial charge in [-0.25, -0.2) is 9.78 Å². The normalized spacial score (nSPS) is 10.4. The Balaban J connectivity index is 1.62. The molecule has 6 heteroatoms. The molecule has 3 aromatic rings. The summed E-state index contributed by atoms with van der Waals surface area (Å²) in [7, 11) is 1.35. The summed E-state index contributed by atoms with van der Waals surface area (Å²) in [4.78, 5) is 15.8. The van der Waals surface area contributed by atoms with Gasteiger partial charge < -0.3 is 13.9 Å². The number of carbonyl (C=O) groups is 1. The third kappa shape index (κ3) is 3.17. The van der Waals surface area contributed by atoms with Gasteiger partial charge in [0, 0.05) is 5.38 Å². The van der Waals surface area contributed by atoms with Gasteiger partial charge in [-0.3, -0.25) is 0 Å². The Morgan fingerprint density at radius 2 is 2.09 bits per heavy atom. The molecule has 2 heterocycles. The van der Waals surface area contributed by atoms with E-state index in [1.54, 1.807) is 30.5 Å². The lowest BCUT2D eigenvalue weighted by Gasteiger charge is -2.05. The van der Waals surface area contributed by atoms with Crippen LogP contribution in [0.3, 0.4) is 0 Å². The van der Waals surface area contributed by atoms with E-state index < -0.39 is 0 Å². The van der Waals surface area contributed by atoms with Crippen LogP contribution in [-0.2, 0) is 11.3 Å². The fourth-order valence-electron chi connectivity index (χ4n) is 1.85. The second-order valence-electron chi connectivity index (χ2n) is 4.43. The molecule has 2 aromatic heterocycles. The molecule has 0 amide bonds. The molecular weight excluding hydrogens is 302 g/mol. The molecule has 0 saturated heterocycles. The number of esters is 1. The predicted octanol–water partition coefficient (Wildman–Crippen LogP) is 3.77. The minimum absolute atomic E-state index is 0.356. The van der Waals surface area contributed by atoms with E-state index in [1.807, 2.05) is 17.5 Å². The summed E-state index contributed by atoms with van der Waals surface area (Å²) < 4.78 is 15.6. The molecule has 1 aromatic carbocycles. The van der Waals surface area contributed by atoms with Crippen molar-refractivity contribution < 1.29 is 18.7 Å². The maximum Gasteiger partial charge on any atom is 0.337 e. The first-order valence-corrected chi connectivity index (χ1v) is 7.43. The SMILES string of the molecule is COC(=O)c1ccc(OCc2csc(-c3ccco3)n2)cc1. The van der Waals surface area contributed by atoms with Crippen LogP contribution in [-0.4, -0.2) is 18.1 Å². The standard InChI is InChI=1S/C16H13NO4S/c1-19-16(18)11-4-6-13(7-5-11)21-9-12-10-22-15(17-12)14-3-2-8-20-14/h2-8,10H,9H2,1H3. The van der Waals surface area contributed by atoms with Gasteiger partial charge in [0.1, 0.15) is 12.4 Å². The van der Waals surface area contributed by atoms with Crippen molar-refractivity contribution >= 4 is 17.3 Å². The molecule has 0 aliphatic rings. The van der Waals surface area contributed by atoms with E-state index in [1.165, 1.54) is 18.4 Å². The summed E-state index contributed by atoms with van der Waals surface area (Å²) in [5.41, 5.74) is 1.32. The Labute approximate surface area is 131 Å². The summed E-state index contributed by atoms with van der Waals surface area (Å²) in [6.45, 7) is 0.356. The maximum absolute atomic E-state index is 11.3. The van der Waals surface area contributed by atoms with E-state index in [-0.39, 0.29) is 5.97 Å².